The Morgan fingerprint density at radius 2 is 2.20 bits per heavy atom. The van der Waals surface area contributed by atoms with Crippen LogP contribution in [0.2, 0.25) is 5.02 Å². The Morgan fingerprint density at radius 3 is 2.90 bits per heavy atom. The molecule has 20 heavy (non-hydrogen) atoms. The molecule has 0 radical (unpaired) electrons. The molecular formula is C15H18ClFN2O. The molecule has 5 heteroatoms. The van der Waals surface area contributed by atoms with Gasteiger partial charge in [0.1, 0.15) is 5.82 Å². The largest absolute Gasteiger partial charge is 0.352 e. The van der Waals surface area contributed by atoms with Gasteiger partial charge in [-0.15, -0.1) is 0 Å². The molecule has 1 heterocycles. The standard InChI is InChI=1S/C15H18ClFN2O/c16-13-7-11(17)2-1-10(13)9-19-14(20)12-8-15(12)3-5-18-6-4-15/h1-2,7,12,18H,3-6,8-9H2,(H,19,20)/t12-/m0/s1. The highest BCUT2D eigenvalue weighted by molar-refractivity contribution is 6.31. The summed E-state index contributed by atoms with van der Waals surface area (Å²) >= 11 is 5.95. The minimum Gasteiger partial charge on any atom is -0.352 e. The number of carbonyl (C=O) groups excluding carboxylic acids is 1. The Kier molecular flexibility index (Phi) is 3.69. The predicted octanol–water partition coefficient (Wildman–Crippen LogP) is 2.49. The molecule has 1 saturated heterocycles. The smallest absolute Gasteiger partial charge is 0.223 e. The first-order valence-corrected chi connectivity index (χ1v) is 7.41. The first kappa shape index (κ1) is 13.8. The number of hydrogen-bond acceptors (Lipinski definition) is 2. The molecule has 1 aromatic carbocycles. The Labute approximate surface area is 122 Å². The monoisotopic (exact) mass is 296 g/mol. The van der Waals surface area contributed by atoms with Crippen LogP contribution in [0.3, 0.4) is 0 Å². The zero-order valence-electron chi connectivity index (χ0n) is 11.2. The fourth-order valence-electron chi connectivity index (χ4n) is 3.17. The van der Waals surface area contributed by atoms with Gasteiger partial charge in [-0.2, -0.15) is 0 Å². The van der Waals surface area contributed by atoms with E-state index in [1.807, 2.05) is 0 Å². The quantitative estimate of drug-likeness (QED) is 0.900. The van der Waals surface area contributed by atoms with Gasteiger partial charge in [0.2, 0.25) is 5.91 Å². The first-order valence-electron chi connectivity index (χ1n) is 7.03. The molecule has 0 unspecified atom stereocenters. The van der Waals surface area contributed by atoms with Crippen molar-refractivity contribution in [3.05, 3.63) is 34.6 Å². The van der Waals surface area contributed by atoms with Crippen LogP contribution in [0.5, 0.6) is 0 Å². The molecule has 2 N–H and O–H groups in total. The average molecular weight is 297 g/mol. The number of rotatable bonds is 3. The second-order valence-electron chi connectivity index (χ2n) is 5.82. The number of nitrogens with one attached hydrogen (secondary N) is 2. The van der Waals surface area contributed by atoms with Gasteiger partial charge in [-0.1, -0.05) is 17.7 Å². The fraction of sp³-hybridized carbons (Fsp3) is 0.533. The molecule has 1 amide bonds. The lowest BCUT2D eigenvalue weighted by Crippen LogP contribution is -2.33. The minimum absolute atomic E-state index is 0.104. The summed E-state index contributed by atoms with van der Waals surface area (Å²) in [6.07, 6.45) is 3.17. The van der Waals surface area contributed by atoms with E-state index in [9.17, 15) is 9.18 Å². The van der Waals surface area contributed by atoms with Crippen LogP contribution in [0, 0.1) is 17.2 Å². The van der Waals surface area contributed by atoms with Crippen molar-refractivity contribution in [3.8, 4) is 0 Å². The summed E-state index contributed by atoms with van der Waals surface area (Å²) in [5.41, 5.74) is 0.989. The lowest BCUT2D eigenvalue weighted by molar-refractivity contribution is -0.123. The molecule has 1 aromatic rings. The van der Waals surface area contributed by atoms with Gasteiger partial charge < -0.3 is 10.6 Å². The molecule has 0 aromatic heterocycles. The van der Waals surface area contributed by atoms with Crippen molar-refractivity contribution in [1.82, 2.24) is 10.6 Å². The lowest BCUT2D eigenvalue weighted by Gasteiger charge is -2.23. The summed E-state index contributed by atoms with van der Waals surface area (Å²) in [6.45, 7) is 2.38. The SMILES string of the molecule is O=C(NCc1ccc(F)cc1Cl)[C@@H]1CC12CCNCC2. The predicted molar refractivity (Wildman–Crippen MR) is 75.9 cm³/mol. The zero-order chi connectivity index (χ0) is 14.2. The molecule has 3 rings (SSSR count). The minimum atomic E-state index is -0.360. The van der Waals surface area contributed by atoms with E-state index in [0.29, 0.717) is 11.6 Å². The maximum atomic E-state index is 12.9. The third-order valence-corrected chi connectivity index (χ3v) is 4.93. The van der Waals surface area contributed by atoms with Gasteiger partial charge in [-0.3, -0.25) is 4.79 Å². The van der Waals surface area contributed by atoms with E-state index >= 15 is 0 Å². The van der Waals surface area contributed by atoms with Crippen LogP contribution in [0.25, 0.3) is 0 Å². The lowest BCUT2D eigenvalue weighted by atomic mass is 9.92. The zero-order valence-corrected chi connectivity index (χ0v) is 12.0. The fourth-order valence-corrected chi connectivity index (χ4v) is 3.40. The number of amides is 1. The summed E-state index contributed by atoms with van der Waals surface area (Å²) in [7, 11) is 0. The van der Waals surface area contributed by atoms with E-state index in [1.165, 1.54) is 12.1 Å². The summed E-state index contributed by atoms with van der Waals surface area (Å²) in [5, 5.41) is 6.61. The van der Waals surface area contributed by atoms with Gasteiger partial charge >= 0.3 is 0 Å². The molecule has 1 spiro atoms. The van der Waals surface area contributed by atoms with E-state index in [0.717, 1.165) is 37.9 Å². The highest BCUT2D eigenvalue weighted by atomic mass is 35.5. The van der Waals surface area contributed by atoms with E-state index in [-0.39, 0.29) is 23.1 Å². The molecule has 108 valence electrons. The van der Waals surface area contributed by atoms with Crippen LogP contribution in [-0.4, -0.2) is 19.0 Å². The van der Waals surface area contributed by atoms with Gasteiger partial charge in [-0.25, -0.2) is 4.39 Å². The molecule has 3 nitrogen and oxygen atoms in total. The number of piperidine rings is 1. The number of hydrogen-bond donors (Lipinski definition) is 2. The number of benzene rings is 1. The third kappa shape index (κ3) is 2.67. The van der Waals surface area contributed by atoms with Crippen molar-refractivity contribution in [2.75, 3.05) is 13.1 Å². The van der Waals surface area contributed by atoms with Crippen LogP contribution in [0.15, 0.2) is 18.2 Å². The second kappa shape index (κ2) is 5.34. The average Bonchev–Trinajstić information content (AvgIpc) is 3.12. The van der Waals surface area contributed by atoms with E-state index in [1.54, 1.807) is 6.07 Å². The summed E-state index contributed by atoms with van der Waals surface area (Å²) in [4.78, 5) is 12.2. The highest BCUT2D eigenvalue weighted by Crippen LogP contribution is 2.58. The molecule has 2 fully saturated rings. The molecule has 1 aliphatic carbocycles. The van der Waals surface area contributed by atoms with Gasteiger partial charge in [-0.05, 0) is 55.5 Å². The Bertz CT molecular complexity index is 529. The molecular weight excluding hydrogens is 279 g/mol. The molecule has 1 aliphatic heterocycles. The molecule has 1 atom stereocenters. The van der Waals surface area contributed by atoms with Crippen molar-refractivity contribution in [2.24, 2.45) is 11.3 Å². The van der Waals surface area contributed by atoms with Crippen LogP contribution in [0.4, 0.5) is 4.39 Å². The van der Waals surface area contributed by atoms with Crippen molar-refractivity contribution in [3.63, 3.8) is 0 Å². The first-order chi connectivity index (χ1) is 9.61. The Balaban J connectivity index is 1.55. The van der Waals surface area contributed by atoms with Crippen LogP contribution < -0.4 is 10.6 Å². The van der Waals surface area contributed by atoms with Crippen molar-refractivity contribution in [1.29, 1.82) is 0 Å². The van der Waals surface area contributed by atoms with Gasteiger partial charge in [0.05, 0.1) is 0 Å². The Hall–Kier alpha value is -1.13. The molecule has 0 bridgehead atoms. The van der Waals surface area contributed by atoms with Gasteiger partial charge in [0, 0.05) is 17.5 Å². The van der Waals surface area contributed by atoms with E-state index in [4.69, 9.17) is 11.6 Å². The molecule has 2 aliphatic rings. The van der Waals surface area contributed by atoms with Crippen molar-refractivity contribution < 1.29 is 9.18 Å². The van der Waals surface area contributed by atoms with Crippen LogP contribution in [-0.2, 0) is 11.3 Å². The number of carbonyl (C=O) groups is 1. The van der Waals surface area contributed by atoms with Crippen LogP contribution >= 0.6 is 11.6 Å². The highest BCUT2D eigenvalue weighted by Gasteiger charge is 2.57. The van der Waals surface area contributed by atoms with Crippen LogP contribution in [0.1, 0.15) is 24.8 Å². The van der Waals surface area contributed by atoms with Gasteiger partial charge in [0.15, 0.2) is 0 Å². The number of halogens is 2. The van der Waals surface area contributed by atoms with Gasteiger partial charge in [0.25, 0.3) is 0 Å². The summed E-state index contributed by atoms with van der Waals surface area (Å²) in [6, 6.07) is 4.25. The van der Waals surface area contributed by atoms with E-state index in [2.05, 4.69) is 10.6 Å². The maximum Gasteiger partial charge on any atom is 0.223 e. The molecule has 1 saturated carbocycles. The summed E-state index contributed by atoms with van der Waals surface area (Å²) in [5.74, 6) is -0.114. The summed E-state index contributed by atoms with van der Waals surface area (Å²) < 4.78 is 12.9. The Morgan fingerprint density at radius 1 is 1.45 bits per heavy atom. The second-order valence-corrected chi connectivity index (χ2v) is 6.23. The topological polar surface area (TPSA) is 41.1 Å². The van der Waals surface area contributed by atoms with E-state index < -0.39 is 0 Å². The van der Waals surface area contributed by atoms with Crippen molar-refractivity contribution in [2.45, 2.75) is 25.8 Å². The maximum absolute atomic E-state index is 12.9. The third-order valence-electron chi connectivity index (χ3n) is 4.57. The van der Waals surface area contributed by atoms with Crippen molar-refractivity contribution >= 4 is 17.5 Å². The normalized spacial score (nSPS) is 23.6.